The van der Waals surface area contributed by atoms with Gasteiger partial charge in [-0.1, -0.05) is 24.4 Å². The summed E-state index contributed by atoms with van der Waals surface area (Å²) in [5.41, 5.74) is 2.88. The highest BCUT2D eigenvalue weighted by molar-refractivity contribution is 7.77. The van der Waals surface area contributed by atoms with Crippen molar-refractivity contribution in [3.05, 3.63) is 41.8 Å². The molecule has 2 fully saturated rings. The minimum absolute atomic E-state index is 0.174. The normalized spacial score (nSPS) is 22.9. The molecule has 0 bridgehead atoms. The largest absolute Gasteiger partial charge is 0.367 e. The summed E-state index contributed by atoms with van der Waals surface area (Å²) in [4.78, 5) is 12.1. The van der Waals surface area contributed by atoms with E-state index in [9.17, 15) is 8.76 Å². The van der Waals surface area contributed by atoms with Gasteiger partial charge in [-0.05, 0) is 67.9 Å². The van der Waals surface area contributed by atoms with Crippen LogP contribution < -0.4 is 15.4 Å². The summed E-state index contributed by atoms with van der Waals surface area (Å²) in [7, 11) is 0. The zero-order chi connectivity index (χ0) is 23.5. The van der Waals surface area contributed by atoms with Crippen molar-refractivity contribution in [1.29, 1.82) is 0 Å². The molecule has 5 rings (SSSR count). The topological polar surface area (TPSA) is 115 Å². The maximum absolute atomic E-state index is 11.2. The van der Waals surface area contributed by atoms with Crippen molar-refractivity contribution in [3.63, 3.8) is 0 Å². The average Bonchev–Trinajstić information content (AvgIpc) is 3.22. The molecule has 8 nitrogen and oxygen atoms in total. The molecule has 2 aliphatic carbocycles. The Bertz CT molecular complexity index is 1150. The molecular formula is C24H31ClN6O2S. The number of nitrogens with one attached hydrogen (secondary N) is 4. The van der Waals surface area contributed by atoms with Gasteiger partial charge in [0.15, 0.2) is 0 Å². The number of hydrogen-bond donors (Lipinski definition) is 5. The molecule has 0 spiro atoms. The second-order valence-electron chi connectivity index (χ2n) is 9.43. The maximum Gasteiger partial charge on any atom is 0.231 e. The highest BCUT2D eigenvalue weighted by Gasteiger charge is 2.31. The van der Waals surface area contributed by atoms with E-state index in [1.165, 1.54) is 19.3 Å². The van der Waals surface area contributed by atoms with Gasteiger partial charge in [-0.15, -0.1) is 0 Å². The van der Waals surface area contributed by atoms with Crippen molar-refractivity contribution in [2.45, 2.75) is 63.1 Å². The number of pyridine rings is 2. The Hall–Kier alpha value is -2.04. The third kappa shape index (κ3) is 5.60. The smallest absolute Gasteiger partial charge is 0.231 e. The summed E-state index contributed by atoms with van der Waals surface area (Å²) in [5, 5.41) is 8.86. The van der Waals surface area contributed by atoms with Crippen LogP contribution >= 0.6 is 11.6 Å². The number of nitrogens with zero attached hydrogens (tertiary/aromatic N) is 2. The molecule has 0 aromatic carbocycles. The first-order chi connectivity index (χ1) is 16.5. The highest BCUT2D eigenvalue weighted by atomic mass is 35.5. The van der Waals surface area contributed by atoms with E-state index in [4.69, 9.17) is 11.6 Å². The number of fused-ring (bicyclic) bond motifs is 1. The van der Waals surface area contributed by atoms with Crippen molar-refractivity contribution in [2.24, 2.45) is 5.92 Å². The van der Waals surface area contributed by atoms with Gasteiger partial charge in [-0.3, -0.25) is 4.55 Å². The molecule has 0 aliphatic heterocycles. The van der Waals surface area contributed by atoms with E-state index in [1.54, 1.807) is 6.20 Å². The van der Waals surface area contributed by atoms with E-state index in [0.717, 1.165) is 53.7 Å². The zero-order valence-electron chi connectivity index (χ0n) is 19.0. The molecule has 4 unspecified atom stereocenters. The monoisotopic (exact) mass is 502 g/mol. The van der Waals surface area contributed by atoms with E-state index >= 15 is 0 Å². The maximum atomic E-state index is 11.2. The van der Waals surface area contributed by atoms with Crippen LogP contribution in [0, 0.1) is 5.92 Å². The molecule has 0 radical (unpaired) electrons. The fourth-order valence-corrected chi connectivity index (χ4v) is 5.79. The minimum atomic E-state index is -2.00. The summed E-state index contributed by atoms with van der Waals surface area (Å²) in [6.45, 7) is 0.491. The van der Waals surface area contributed by atoms with Gasteiger partial charge in [0.25, 0.3) is 0 Å². The van der Waals surface area contributed by atoms with E-state index < -0.39 is 11.3 Å². The Labute approximate surface area is 207 Å². The summed E-state index contributed by atoms with van der Waals surface area (Å²) >= 11 is 4.42. The standard InChI is InChI=1S/C24H31ClN6O2S/c25-22-11-16(20-13-27-24-19(20)8-3-9-26-24)12-23(31-22)30-18-7-1-4-15(10-18)21(14-28-34(32)33)29-17-5-2-6-17/h3,8-9,11-13,15,17-18,21,28-29H,1-2,4-7,10,14H2,(H,26,27)(H,30,31)(H,32,33). The van der Waals surface area contributed by atoms with Crippen molar-refractivity contribution in [1.82, 2.24) is 25.0 Å². The molecule has 182 valence electrons. The lowest BCUT2D eigenvalue weighted by Gasteiger charge is -2.39. The van der Waals surface area contributed by atoms with E-state index in [-0.39, 0.29) is 12.1 Å². The number of halogens is 1. The SMILES string of the molecule is O=S(O)NCC(NC1CCC1)C1CCCC(Nc2cc(-c3c[nH]c4ncccc34)cc(Cl)n2)C1. The first kappa shape index (κ1) is 23.7. The molecule has 5 N–H and O–H groups in total. The van der Waals surface area contributed by atoms with Crippen LogP contribution in [0.4, 0.5) is 5.82 Å². The fourth-order valence-electron chi connectivity index (χ4n) is 5.25. The quantitative estimate of drug-likeness (QED) is 0.217. The number of H-pyrrole nitrogens is 1. The van der Waals surface area contributed by atoms with Crippen LogP contribution in [0.15, 0.2) is 36.7 Å². The van der Waals surface area contributed by atoms with Crippen molar-refractivity contribution >= 4 is 39.7 Å². The van der Waals surface area contributed by atoms with Gasteiger partial charge in [0.1, 0.15) is 16.6 Å². The lowest BCUT2D eigenvalue weighted by Crippen LogP contribution is -2.52. The molecule has 4 atom stereocenters. The van der Waals surface area contributed by atoms with Crippen LogP contribution in [-0.4, -0.2) is 48.4 Å². The van der Waals surface area contributed by atoms with Gasteiger partial charge in [0.2, 0.25) is 11.3 Å². The van der Waals surface area contributed by atoms with Gasteiger partial charge in [0, 0.05) is 48.0 Å². The van der Waals surface area contributed by atoms with E-state index in [1.807, 2.05) is 30.5 Å². The van der Waals surface area contributed by atoms with Crippen molar-refractivity contribution < 1.29 is 8.76 Å². The number of anilines is 1. The lowest BCUT2D eigenvalue weighted by molar-refractivity contribution is 0.210. The predicted molar refractivity (Wildman–Crippen MR) is 137 cm³/mol. The number of aromatic nitrogens is 3. The second-order valence-corrected chi connectivity index (χ2v) is 10.6. The molecular weight excluding hydrogens is 472 g/mol. The van der Waals surface area contributed by atoms with Gasteiger partial charge < -0.3 is 15.6 Å². The molecule has 0 amide bonds. The van der Waals surface area contributed by atoms with Crippen LogP contribution in [-0.2, 0) is 11.3 Å². The molecule has 34 heavy (non-hydrogen) atoms. The van der Waals surface area contributed by atoms with Crippen LogP contribution in [0.1, 0.15) is 44.9 Å². The molecule has 2 aliphatic rings. The van der Waals surface area contributed by atoms with Gasteiger partial charge in [0.05, 0.1) is 0 Å². The highest BCUT2D eigenvalue weighted by Crippen LogP contribution is 2.33. The van der Waals surface area contributed by atoms with Gasteiger partial charge in [-0.2, -0.15) is 0 Å². The summed E-state index contributed by atoms with van der Waals surface area (Å²) in [6, 6.07) is 8.87. The van der Waals surface area contributed by atoms with Crippen LogP contribution in [0.5, 0.6) is 0 Å². The van der Waals surface area contributed by atoms with Gasteiger partial charge in [-0.25, -0.2) is 18.9 Å². The summed E-state index contributed by atoms with van der Waals surface area (Å²) in [6.07, 6.45) is 11.6. The average molecular weight is 503 g/mol. The number of hydrogen-bond acceptors (Lipinski definition) is 5. The van der Waals surface area contributed by atoms with Crippen molar-refractivity contribution in [3.8, 4) is 11.1 Å². The third-order valence-electron chi connectivity index (χ3n) is 7.17. The van der Waals surface area contributed by atoms with E-state index in [2.05, 4.69) is 30.3 Å². The number of rotatable bonds is 9. The van der Waals surface area contributed by atoms with E-state index in [0.29, 0.717) is 23.7 Å². The Morgan fingerprint density at radius 3 is 2.82 bits per heavy atom. The Morgan fingerprint density at radius 1 is 1.21 bits per heavy atom. The van der Waals surface area contributed by atoms with Gasteiger partial charge >= 0.3 is 0 Å². The number of aromatic amines is 1. The molecule has 3 heterocycles. The van der Waals surface area contributed by atoms with Crippen molar-refractivity contribution in [2.75, 3.05) is 11.9 Å². The first-order valence-corrected chi connectivity index (χ1v) is 13.5. The zero-order valence-corrected chi connectivity index (χ0v) is 20.5. The molecule has 10 heteroatoms. The Balaban J connectivity index is 1.30. The summed E-state index contributed by atoms with van der Waals surface area (Å²) in [5.74, 6) is 1.19. The second kappa shape index (κ2) is 10.7. The minimum Gasteiger partial charge on any atom is -0.367 e. The van der Waals surface area contributed by atoms with Crippen LogP contribution in [0.2, 0.25) is 5.15 Å². The molecule has 3 aromatic heterocycles. The summed E-state index contributed by atoms with van der Waals surface area (Å²) < 4.78 is 23.2. The molecule has 2 saturated carbocycles. The lowest BCUT2D eigenvalue weighted by atomic mass is 9.80. The fraction of sp³-hybridized carbons (Fsp3) is 0.500. The van der Waals surface area contributed by atoms with Crippen LogP contribution in [0.25, 0.3) is 22.2 Å². The third-order valence-corrected chi connectivity index (χ3v) is 7.78. The first-order valence-electron chi connectivity index (χ1n) is 12.0. The molecule has 0 saturated heterocycles. The van der Waals surface area contributed by atoms with Crippen LogP contribution in [0.3, 0.4) is 0 Å². The Morgan fingerprint density at radius 2 is 2.03 bits per heavy atom. The Kier molecular flexibility index (Phi) is 7.46. The predicted octanol–water partition coefficient (Wildman–Crippen LogP) is 4.49. The molecule has 3 aromatic rings.